The Hall–Kier alpha value is 1.63. The van der Waals surface area contributed by atoms with E-state index in [4.69, 9.17) is 115 Å². The fourth-order valence-corrected chi connectivity index (χ4v) is 0. The van der Waals surface area contributed by atoms with Gasteiger partial charge < -0.3 is 4.48 Å². The topological polar surface area (TPSA) is 642 Å². The molecular formula is C4H12Mo8NO32-15. The first-order chi connectivity index (χ1) is 18.0. The van der Waals surface area contributed by atoms with Crippen LogP contribution in [0.2, 0.25) is 0 Å². The van der Waals surface area contributed by atoms with Gasteiger partial charge in [-0.1, -0.05) is 0 Å². The number of nitrogens with zero attached hydrogens (tertiary/aromatic N) is 1. The molecular weight excluding hydrogens is 1340 g/mol. The fraction of sp³-hybridized carbons (Fsp3) is 1.00. The summed E-state index contributed by atoms with van der Waals surface area (Å²) in [5, 5.41) is 0. The molecule has 0 rings (SSSR count). The van der Waals surface area contributed by atoms with Crippen molar-refractivity contribution in [3.8, 4) is 0 Å². The molecule has 0 aliphatic rings. The van der Waals surface area contributed by atoms with Gasteiger partial charge in [0, 0.05) is 0 Å². The Morgan fingerprint density at radius 1 is 0.222 bits per heavy atom. The Balaban J connectivity index is -0.0000000463. The molecule has 288 valence electrons. The summed E-state index contributed by atoms with van der Waals surface area (Å²) in [4.78, 5) is 0. The van der Waals surface area contributed by atoms with Gasteiger partial charge in [-0.25, -0.2) is 0 Å². The van der Waals surface area contributed by atoms with E-state index in [-0.39, 0.29) is 0 Å². The number of rotatable bonds is 0. The molecule has 0 aliphatic heterocycles. The molecule has 41 heteroatoms. The van der Waals surface area contributed by atoms with E-state index in [1.54, 1.807) is 0 Å². The molecule has 0 heterocycles. The van der Waals surface area contributed by atoms with Gasteiger partial charge in [-0.05, 0) is 0 Å². The van der Waals surface area contributed by atoms with E-state index in [1.165, 1.54) is 0 Å². The Kier molecular flexibility index (Phi) is 44.7. The van der Waals surface area contributed by atoms with Crippen LogP contribution in [0.15, 0.2) is 0 Å². The molecule has 0 N–H and O–H groups in total. The van der Waals surface area contributed by atoms with E-state index >= 15 is 0 Å². The van der Waals surface area contributed by atoms with Crippen LogP contribution < -0.4 is 60.2 Å². The summed E-state index contributed by atoms with van der Waals surface area (Å²) in [6.45, 7) is 0. The van der Waals surface area contributed by atoms with Crippen LogP contribution in [0.4, 0.5) is 0 Å². The Labute approximate surface area is 277 Å². The monoisotopic (exact) mass is 1370 g/mol. The van der Waals surface area contributed by atoms with E-state index in [1.807, 2.05) is 0 Å². The maximum atomic E-state index is 8.63. The van der Waals surface area contributed by atoms with Crippen LogP contribution in [0.5, 0.6) is 0 Å². The first-order valence-electron chi connectivity index (χ1n) is 7.12. The summed E-state index contributed by atoms with van der Waals surface area (Å²) in [5.41, 5.74) is 0. The Morgan fingerprint density at radius 2 is 0.222 bits per heavy atom. The average Bonchev–Trinajstić information content (AvgIpc) is 2.26. The van der Waals surface area contributed by atoms with Gasteiger partial charge in [-0.2, -0.15) is 0 Å². The fourth-order valence-electron chi connectivity index (χ4n) is 0. The van der Waals surface area contributed by atoms with Gasteiger partial charge in [0.25, 0.3) is 0 Å². The predicted octanol–water partition coefficient (Wildman–Crippen LogP) is -20.6. The molecule has 33 nitrogen and oxygen atoms in total. The van der Waals surface area contributed by atoms with Crippen LogP contribution in [0.3, 0.4) is 0 Å². The number of hydrogen-bond acceptors (Lipinski definition) is 32. The summed E-state index contributed by atoms with van der Waals surface area (Å²) in [7, 11) is 8.50. The predicted molar refractivity (Wildman–Crippen MR) is 34.9 cm³/mol. The van der Waals surface area contributed by atoms with Crippen LogP contribution >= 0.6 is 0 Å². The molecule has 0 spiro atoms. The van der Waals surface area contributed by atoms with Crippen molar-refractivity contribution in [3.63, 3.8) is 0 Å². The van der Waals surface area contributed by atoms with Crippen molar-refractivity contribution < 1.29 is 253 Å². The zero-order chi connectivity index (χ0) is 40.5. The zero-order valence-corrected chi connectivity index (χ0v) is 36.8. The van der Waals surface area contributed by atoms with Gasteiger partial charge in [0.05, 0.1) is 28.2 Å². The molecule has 0 atom stereocenters. The summed E-state index contributed by atoms with van der Waals surface area (Å²) in [6.07, 6.45) is 0. The molecule has 0 radical (unpaired) electrons. The van der Waals surface area contributed by atoms with E-state index in [0.29, 0.717) is 0 Å². The molecule has 0 saturated heterocycles. The van der Waals surface area contributed by atoms with Crippen LogP contribution in [0.25, 0.3) is 0 Å². The van der Waals surface area contributed by atoms with E-state index < -0.39 is 134 Å². The third-order valence-electron chi connectivity index (χ3n) is 0. The quantitative estimate of drug-likeness (QED) is 0.160. The van der Waals surface area contributed by atoms with Gasteiger partial charge in [0.15, 0.2) is 0 Å². The first kappa shape index (κ1) is 68.6. The Morgan fingerprint density at radius 3 is 0.222 bits per heavy atom. The van der Waals surface area contributed by atoms with Crippen LogP contribution in [-0.2, 0) is 188 Å². The third kappa shape index (κ3) is 32800. The zero-order valence-electron chi connectivity index (χ0n) is 20.8. The molecule has 0 aliphatic carbocycles. The minimum absolute atomic E-state index is 1.00. The normalized spacial score (nSPS) is 11.6. The maximum absolute atomic E-state index is 8.63. The molecule has 0 saturated carbocycles. The van der Waals surface area contributed by atoms with Crippen LogP contribution in [0, 0.1) is 0 Å². The molecule has 0 aromatic heterocycles. The van der Waals surface area contributed by atoms with Crippen LogP contribution in [-0.4, -0.2) is 32.7 Å². The van der Waals surface area contributed by atoms with E-state index in [2.05, 4.69) is 28.2 Å². The second kappa shape index (κ2) is 29.4. The van der Waals surface area contributed by atoms with Crippen LogP contribution in [0.1, 0.15) is 0 Å². The summed E-state index contributed by atoms with van der Waals surface area (Å²) in [5.74, 6) is 0. The van der Waals surface area contributed by atoms with Crippen molar-refractivity contribution in [2.24, 2.45) is 0 Å². The van der Waals surface area contributed by atoms with Crippen molar-refractivity contribution in [1.29, 1.82) is 0 Å². The molecule has 0 amide bonds. The van der Waals surface area contributed by atoms with Crippen molar-refractivity contribution in [2.45, 2.75) is 0 Å². The van der Waals surface area contributed by atoms with E-state index in [9.17, 15) is 0 Å². The molecule has 0 aromatic carbocycles. The molecule has 0 bridgehead atoms. The standard InChI is InChI=1S/C4H12N.8Mo.32O/c1-5(2,3)4;;;;;;;;;;;;;;;;;;;;;;;;;;;;;;;;;;;;;;;;/h1-4H3;;;;;;;;;;;;;;;;;;;;;;;;;;;;;;;;;;;;;;;;/q+1;;;;;;;;;;;;;;;;;;;;;;;;;16*-1. The second-order valence-corrected chi connectivity index (χ2v) is 22.0. The molecule has 45 heavy (non-hydrogen) atoms. The van der Waals surface area contributed by atoms with Gasteiger partial charge in [-0.3, -0.25) is 0 Å². The third-order valence-corrected chi connectivity index (χ3v) is 0. The average molecular weight is 1350 g/mol. The number of hydrogen-bond donors (Lipinski definition) is 0. The number of quaternary nitrogens is 1. The second-order valence-electron chi connectivity index (χ2n) is 5.95. The first-order valence-corrected chi connectivity index (χ1v) is 33.3. The summed E-state index contributed by atoms with van der Waals surface area (Å²) < 4.78 is 277. The molecule has 0 aromatic rings. The Bertz CT molecular complexity index is 1170. The SMILES string of the molecule is C[N+](C)(C)C.[O]=[Mo](=[O])([O-])[O-].[O]=[Mo](=[O])([O-])[O-].[O]=[Mo](=[O])([O-])[O-].[O]=[Mo](=[O])([O-])[O-].[O]=[Mo](=[O])([O-])[O-].[O]=[Mo](=[O])([O-])[O-].[O]=[Mo](=[O])([O-])[O-].[O]=[Mo](=[O])([O-])[O-]. The van der Waals surface area contributed by atoms with Crippen molar-refractivity contribution in [1.82, 2.24) is 0 Å². The summed E-state index contributed by atoms with van der Waals surface area (Å²) in [6, 6.07) is 0. The molecule has 0 unspecified atom stereocenters. The van der Waals surface area contributed by atoms with Gasteiger partial charge in [-0.15, -0.1) is 0 Å². The minimum atomic E-state index is -6.02. The van der Waals surface area contributed by atoms with E-state index in [0.717, 1.165) is 4.48 Å². The van der Waals surface area contributed by atoms with Crippen molar-refractivity contribution >= 4 is 0 Å². The summed E-state index contributed by atoms with van der Waals surface area (Å²) >= 11 is -48.2. The van der Waals surface area contributed by atoms with Crippen molar-refractivity contribution in [2.75, 3.05) is 28.2 Å². The molecule has 0 fully saturated rings. The van der Waals surface area contributed by atoms with Gasteiger partial charge in [0.2, 0.25) is 0 Å². The van der Waals surface area contributed by atoms with Gasteiger partial charge >= 0.3 is 248 Å². The van der Waals surface area contributed by atoms with Gasteiger partial charge in [0.1, 0.15) is 0 Å². The van der Waals surface area contributed by atoms with Crippen molar-refractivity contribution in [3.05, 3.63) is 0 Å².